The van der Waals surface area contributed by atoms with E-state index >= 15 is 0 Å². The Balaban J connectivity index is 1.73. The molecule has 172 valence electrons. The molecular formula is C20H22F4N5O3+. The van der Waals surface area contributed by atoms with Crippen molar-refractivity contribution in [1.29, 1.82) is 0 Å². The van der Waals surface area contributed by atoms with E-state index in [4.69, 9.17) is 4.84 Å². The lowest BCUT2D eigenvalue weighted by atomic mass is 10.1. The third kappa shape index (κ3) is 5.08. The Morgan fingerprint density at radius 2 is 1.97 bits per heavy atom. The fourth-order valence-corrected chi connectivity index (χ4v) is 2.90. The molecule has 0 unspecified atom stereocenters. The van der Waals surface area contributed by atoms with Gasteiger partial charge in [-0.2, -0.15) is 27.6 Å². The molecule has 8 nitrogen and oxygen atoms in total. The van der Waals surface area contributed by atoms with Crippen molar-refractivity contribution in [2.45, 2.75) is 33.0 Å². The molecule has 3 rings (SSSR count). The second-order valence-electron chi connectivity index (χ2n) is 7.00. The molecule has 2 amide bonds. The molecule has 1 fully saturated rings. The summed E-state index contributed by atoms with van der Waals surface area (Å²) in [5.41, 5.74) is 7.21. The smallest absolute Gasteiger partial charge is 0.428 e. The number of nitrogens with one attached hydrogen (secondary N) is 1. The molecule has 1 heterocycles. The van der Waals surface area contributed by atoms with Gasteiger partial charge in [0.2, 0.25) is 0 Å². The van der Waals surface area contributed by atoms with Crippen LogP contribution in [-0.2, 0) is 11.4 Å². The van der Waals surface area contributed by atoms with Gasteiger partial charge in [-0.25, -0.2) is 4.79 Å². The first kappa shape index (κ1) is 23.3. The maximum Gasteiger partial charge on any atom is 0.461 e. The summed E-state index contributed by atoms with van der Waals surface area (Å²) in [7, 11) is 1.62. The Kier molecular flexibility index (Phi) is 6.84. The maximum absolute atomic E-state index is 13.1. The zero-order valence-electron chi connectivity index (χ0n) is 17.5. The summed E-state index contributed by atoms with van der Waals surface area (Å²) < 4.78 is 55.1. The summed E-state index contributed by atoms with van der Waals surface area (Å²) >= 11 is 0. The number of ether oxygens (including phenoxy) is 1. The first-order valence-electron chi connectivity index (χ1n) is 9.47. The molecule has 0 aliphatic carbocycles. The SMILES string of the molecule is CC(=NOCc1c(C)cccc1N1N[NH2+]N(C)C1=O)c1cccc(OC(F)(F)C(F)F)c1. The third-order valence-corrected chi connectivity index (χ3v) is 4.67. The number of hydrogen-bond acceptors (Lipinski definition) is 5. The van der Waals surface area contributed by atoms with Crippen LogP contribution in [0.4, 0.5) is 28.0 Å². The molecule has 0 saturated carbocycles. The van der Waals surface area contributed by atoms with Crippen molar-refractivity contribution in [1.82, 2.24) is 10.5 Å². The minimum absolute atomic E-state index is 0.0220. The molecule has 1 saturated heterocycles. The van der Waals surface area contributed by atoms with Gasteiger partial charge < -0.3 is 9.57 Å². The number of urea groups is 1. The summed E-state index contributed by atoms with van der Waals surface area (Å²) in [6.45, 7) is 3.45. The Morgan fingerprint density at radius 1 is 1.25 bits per heavy atom. The number of nitrogens with two attached hydrogens (primary N) is 1. The highest BCUT2D eigenvalue weighted by molar-refractivity contribution is 5.98. The van der Waals surface area contributed by atoms with Crippen LogP contribution in [0.3, 0.4) is 0 Å². The van der Waals surface area contributed by atoms with Crippen molar-refractivity contribution >= 4 is 17.4 Å². The predicted octanol–water partition coefficient (Wildman–Crippen LogP) is 2.94. The molecular weight excluding hydrogens is 434 g/mol. The Morgan fingerprint density at radius 3 is 2.62 bits per heavy atom. The minimum Gasteiger partial charge on any atom is -0.428 e. The number of nitrogens with zero attached hydrogens (tertiary/aromatic N) is 3. The molecule has 12 heteroatoms. The van der Waals surface area contributed by atoms with Crippen LogP contribution in [0, 0.1) is 6.92 Å². The number of anilines is 1. The van der Waals surface area contributed by atoms with Crippen molar-refractivity contribution in [2.24, 2.45) is 5.16 Å². The second kappa shape index (κ2) is 9.40. The average Bonchev–Trinajstić information content (AvgIpc) is 3.07. The van der Waals surface area contributed by atoms with E-state index in [-0.39, 0.29) is 12.6 Å². The number of oxime groups is 1. The number of quaternary nitrogens is 1. The van der Waals surface area contributed by atoms with E-state index in [9.17, 15) is 22.4 Å². The van der Waals surface area contributed by atoms with Gasteiger partial charge in [-0.05, 0) is 43.1 Å². The van der Waals surface area contributed by atoms with Crippen molar-refractivity contribution in [3.8, 4) is 5.75 Å². The molecule has 3 N–H and O–H groups in total. The van der Waals surface area contributed by atoms with Crippen LogP contribution in [0.15, 0.2) is 47.6 Å². The summed E-state index contributed by atoms with van der Waals surface area (Å²) in [4.78, 5) is 17.7. The summed E-state index contributed by atoms with van der Waals surface area (Å²) in [6, 6.07) is 10.4. The van der Waals surface area contributed by atoms with Gasteiger partial charge in [0.15, 0.2) is 0 Å². The summed E-state index contributed by atoms with van der Waals surface area (Å²) in [6.07, 6.45) is -8.56. The second-order valence-corrected chi connectivity index (χ2v) is 7.00. The van der Waals surface area contributed by atoms with E-state index in [2.05, 4.69) is 15.4 Å². The number of alkyl halides is 4. The van der Waals surface area contributed by atoms with E-state index in [0.29, 0.717) is 22.5 Å². The van der Waals surface area contributed by atoms with Crippen molar-refractivity contribution < 1.29 is 37.5 Å². The molecule has 1 aliphatic heterocycles. The summed E-state index contributed by atoms with van der Waals surface area (Å²) in [5.74, 6) is -0.428. The van der Waals surface area contributed by atoms with Crippen LogP contribution in [0.5, 0.6) is 5.75 Å². The molecule has 0 bridgehead atoms. The van der Waals surface area contributed by atoms with E-state index < -0.39 is 18.3 Å². The van der Waals surface area contributed by atoms with Gasteiger partial charge in [0.25, 0.3) is 0 Å². The lowest BCUT2D eigenvalue weighted by molar-refractivity contribution is -0.813. The number of hydrogen-bond donors (Lipinski definition) is 2. The number of rotatable bonds is 8. The largest absolute Gasteiger partial charge is 0.461 e. The minimum atomic E-state index is -4.60. The van der Waals surface area contributed by atoms with Gasteiger partial charge in [0.1, 0.15) is 12.4 Å². The van der Waals surface area contributed by atoms with Gasteiger partial charge in [0.05, 0.1) is 18.4 Å². The maximum atomic E-state index is 13.1. The monoisotopic (exact) mass is 456 g/mol. The third-order valence-electron chi connectivity index (χ3n) is 4.67. The number of amides is 2. The highest BCUT2D eigenvalue weighted by atomic mass is 19.3. The van der Waals surface area contributed by atoms with Crippen LogP contribution in [-0.4, -0.2) is 36.3 Å². The summed E-state index contributed by atoms with van der Waals surface area (Å²) in [5, 5.41) is 6.75. The number of halogens is 4. The molecule has 2 aromatic rings. The van der Waals surface area contributed by atoms with Crippen LogP contribution < -0.4 is 20.8 Å². The van der Waals surface area contributed by atoms with Crippen LogP contribution in [0.2, 0.25) is 0 Å². The van der Waals surface area contributed by atoms with E-state index in [1.807, 2.05) is 13.0 Å². The van der Waals surface area contributed by atoms with Crippen LogP contribution in [0.25, 0.3) is 0 Å². The van der Waals surface area contributed by atoms with E-state index in [1.54, 1.807) is 32.2 Å². The molecule has 1 aliphatic rings. The molecule has 0 aromatic heterocycles. The lowest BCUT2D eigenvalue weighted by Crippen LogP contribution is -2.97. The van der Waals surface area contributed by atoms with Crippen molar-refractivity contribution in [3.05, 3.63) is 59.2 Å². The number of aryl methyl sites for hydroxylation is 1. The van der Waals surface area contributed by atoms with Crippen LogP contribution >= 0.6 is 0 Å². The number of benzene rings is 2. The van der Waals surface area contributed by atoms with E-state index in [1.165, 1.54) is 21.6 Å². The Hall–Kier alpha value is -3.38. The van der Waals surface area contributed by atoms with Gasteiger partial charge in [-0.3, -0.25) is 0 Å². The number of carbonyl (C=O) groups is 1. The zero-order valence-corrected chi connectivity index (χ0v) is 17.5. The first-order chi connectivity index (χ1) is 15.1. The van der Waals surface area contributed by atoms with Gasteiger partial charge >= 0.3 is 18.6 Å². The standard InChI is InChI=1S/C20H21F4N5O3/c1-12-6-4-9-17(29-19(30)28(3)26-27-29)16(12)11-31-25-13(2)14-7-5-8-15(10-14)32-20(23,24)18(21)22/h4-10,18,26-27H,11H2,1-3H3/p+1. The van der Waals surface area contributed by atoms with Gasteiger partial charge in [-0.1, -0.05) is 29.4 Å². The Labute approximate surface area is 181 Å². The molecule has 0 radical (unpaired) electrons. The normalized spacial score (nSPS) is 15.0. The van der Waals surface area contributed by atoms with E-state index in [0.717, 1.165) is 17.7 Å². The fourth-order valence-electron chi connectivity index (χ4n) is 2.90. The quantitative estimate of drug-likeness (QED) is 0.210. The molecule has 0 spiro atoms. The fraction of sp³-hybridized carbons (Fsp3) is 0.300. The topological polar surface area (TPSA) is 83.0 Å². The molecule has 0 atom stereocenters. The van der Waals surface area contributed by atoms with Crippen molar-refractivity contribution in [3.63, 3.8) is 0 Å². The highest BCUT2D eigenvalue weighted by Gasteiger charge is 2.44. The lowest BCUT2D eigenvalue weighted by Gasteiger charge is -2.17. The highest BCUT2D eigenvalue weighted by Crippen LogP contribution is 2.28. The zero-order chi connectivity index (χ0) is 23.5. The van der Waals surface area contributed by atoms with Crippen LogP contribution in [0.1, 0.15) is 23.6 Å². The van der Waals surface area contributed by atoms with Gasteiger partial charge in [-0.15, -0.1) is 5.53 Å². The first-order valence-corrected chi connectivity index (χ1v) is 9.47. The predicted molar refractivity (Wildman–Crippen MR) is 107 cm³/mol. The number of carbonyl (C=O) groups excluding carboxylic acids is 1. The number of hydrazine groups is 1. The van der Waals surface area contributed by atoms with Crippen molar-refractivity contribution in [2.75, 3.05) is 12.1 Å². The molecule has 32 heavy (non-hydrogen) atoms. The molecule has 2 aromatic carbocycles. The Bertz CT molecular complexity index is 1020. The average molecular weight is 456 g/mol. The van der Waals surface area contributed by atoms with Gasteiger partial charge in [0, 0.05) is 11.1 Å².